The zero-order valence-corrected chi connectivity index (χ0v) is 14.8. The molecule has 22 heavy (non-hydrogen) atoms. The Morgan fingerprint density at radius 1 is 1.14 bits per heavy atom. The summed E-state index contributed by atoms with van der Waals surface area (Å²) in [6, 6.07) is 7.96. The molecule has 0 spiro atoms. The zero-order valence-electron chi connectivity index (χ0n) is 14.0. The van der Waals surface area contributed by atoms with Gasteiger partial charge in [0.2, 0.25) is 0 Å². The lowest BCUT2D eigenvalue weighted by Gasteiger charge is -2.18. The highest BCUT2D eigenvalue weighted by molar-refractivity contribution is 6.31. The summed E-state index contributed by atoms with van der Waals surface area (Å²) in [6.45, 7) is 9.50. The zero-order chi connectivity index (χ0) is 16.2. The highest BCUT2D eigenvalue weighted by Crippen LogP contribution is 2.14. The monoisotopic (exact) mass is 324 g/mol. The van der Waals surface area contributed by atoms with Gasteiger partial charge in [-0.15, -0.1) is 0 Å². The number of nitrogens with zero attached hydrogens (tertiary/aromatic N) is 2. The first-order valence-electron chi connectivity index (χ1n) is 8.11. The van der Waals surface area contributed by atoms with Gasteiger partial charge in [0.25, 0.3) is 0 Å². The third-order valence-electron chi connectivity index (χ3n) is 3.71. The van der Waals surface area contributed by atoms with Crippen LogP contribution in [0.1, 0.15) is 25.8 Å². The minimum atomic E-state index is 0.819. The molecule has 0 aliphatic carbocycles. The van der Waals surface area contributed by atoms with Crippen LogP contribution in [0.4, 0.5) is 0 Å². The van der Waals surface area contributed by atoms with Crippen molar-refractivity contribution in [2.45, 2.75) is 26.7 Å². The van der Waals surface area contributed by atoms with Crippen molar-refractivity contribution in [3.05, 3.63) is 34.9 Å². The summed E-state index contributed by atoms with van der Waals surface area (Å²) in [5.41, 5.74) is 1.16. The molecule has 0 saturated carbocycles. The molecule has 0 radical (unpaired) electrons. The first kappa shape index (κ1) is 18.8. The van der Waals surface area contributed by atoms with Gasteiger partial charge in [0, 0.05) is 25.2 Å². The van der Waals surface area contributed by atoms with E-state index in [4.69, 9.17) is 11.6 Å². The molecule has 5 heteroatoms. The van der Waals surface area contributed by atoms with E-state index in [1.807, 2.05) is 18.2 Å². The van der Waals surface area contributed by atoms with Crippen molar-refractivity contribution >= 4 is 17.6 Å². The van der Waals surface area contributed by atoms with Gasteiger partial charge < -0.3 is 15.5 Å². The Morgan fingerprint density at radius 3 is 2.45 bits per heavy atom. The van der Waals surface area contributed by atoms with Gasteiger partial charge >= 0.3 is 0 Å². The predicted molar refractivity (Wildman–Crippen MR) is 96.9 cm³/mol. The summed E-state index contributed by atoms with van der Waals surface area (Å²) in [5.74, 6) is 0.853. The van der Waals surface area contributed by atoms with Crippen LogP contribution in [0, 0.1) is 0 Å². The number of aliphatic imine (C=N–C) groups is 1. The van der Waals surface area contributed by atoms with Crippen molar-refractivity contribution in [1.29, 1.82) is 0 Å². The third kappa shape index (κ3) is 7.14. The van der Waals surface area contributed by atoms with E-state index in [9.17, 15) is 0 Å². The van der Waals surface area contributed by atoms with E-state index in [-0.39, 0.29) is 0 Å². The van der Waals surface area contributed by atoms with Gasteiger partial charge in [-0.1, -0.05) is 43.6 Å². The van der Waals surface area contributed by atoms with E-state index in [0.717, 1.165) is 62.1 Å². The fraction of sp³-hybridized carbons (Fsp3) is 0.588. The predicted octanol–water partition coefficient (Wildman–Crippen LogP) is 2.78. The highest BCUT2D eigenvalue weighted by atomic mass is 35.5. The first-order valence-corrected chi connectivity index (χ1v) is 8.49. The topological polar surface area (TPSA) is 39.7 Å². The Kier molecular flexibility index (Phi) is 9.67. The third-order valence-corrected chi connectivity index (χ3v) is 4.07. The molecule has 0 fully saturated rings. The highest BCUT2D eigenvalue weighted by Gasteiger charge is 2.02. The molecule has 1 rings (SSSR count). The fourth-order valence-corrected chi connectivity index (χ4v) is 2.52. The maximum atomic E-state index is 6.15. The van der Waals surface area contributed by atoms with Gasteiger partial charge in [0.1, 0.15) is 0 Å². The Hall–Kier alpha value is -1.26. The van der Waals surface area contributed by atoms with Crippen LogP contribution in [-0.4, -0.2) is 50.6 Å². The van der Waals surface area contributed by atoms with Gasteiger partial charge in [0.05, 0.1) is 0 Å². The summed E-state index contributed by atoms with van der Waals surface area (Å²) in [6.07, 6.45) is 2.01. The summed E-state index contributed by atoms with van der Waals surface area (Å²) >= 11 is 6.15. The van der Waals surface area contributed by atoms with Crippen LogP contribution in [0.3, 0.4) is 0 Å². The smallest absolute Gasteiger partial charge is 0.190 e. The Balaban J connectivity index is 2.21. The molecule has 1 aromatic carbocycles. The minimum absolute atomic E-state index is 0.819. The van der Waals surface area contributed by atoms with Crippen LogP contribution in [0.25, 0.3) is 0 Å². The molecule has 0 bridgehead atoms. The van der Waals surface area contributed by atoms with Crippen molar-refractivity contribution in [3.63, 3.8) is 0 Å². The van der Waals surface area contributed by atoms with Gasteiger partial charge in [-0.05, 0) is 44.1 Å². The summed E-state index contributed by atoms with van der Waals surface area (Å²) in [5, 5.41) is 7.51. The van der Waals surface area contributed by atoms with E-state index in [1.165, 1.54) is 0 Å². The Labute approximate surface area is 140 Å². The van der Waals surface area contributed by atoms with E-state index in [1.54, 1.807) is 7.05 Å². The summed E-state index contributed by atoms with van der Waals surface area (Å²) in [4.78, 5) is 6.67. The van der Waals surface area contributed by atoms with Crippen molar-refractivity contribution in [2.75, 3.05) is 39.8 Å². The average Bonchev–Trinajstić information content (AvgIpc) is 2.55. The van der Waals surface area contributed by atoms with Gasteiger partial charge in [0.15, 0.2) is 5.96 Å². The molecule has 0 atom stereocenters. The lowest BCUT2D eigenvalue weighted by atomic mass is 10.1. The lowest BCUT2D eigenvalue weighted by Crippen LogP contribution is -2.39. The van der Waals surface area contributed by atoms with Crippen LogP contribution in [0.2, 0.25) is 5.02 Å². The van der Waals surface area contributed by atoms with E-state index >= 15 is 0 Å². The second-order valence-electron chi connectivity index (χ2n) is 5.15. The SMILES string of the molecule is CCN(CC)CCCNC(=NC)NCCc1ccccc1Cl. The first-order chi connectivity index (χ1) is 10.7. The number of hydrogen-bond donors (Lipinski definition) is 2. The summed E-state index contributed by atoms with van der Waals surface area (Å²) in [7, 11) is 1.80. The number of benzene rings is 1. The molecule has 2 N–H and O–H groups in total. The summed E-state index contributed by atoms with van der Waals surface area (Å²) < 4.78 is 0. The molecule has 0 aliphatic heterocycles. The average molecular weight is 325 g/mol. The molecular weight excluding hydrogens is 296 g/mol. The molecule has 0 saturated heterocycles. The van der Waals surface area contributed by atoms with Crippen LogP contribution < -0.4 is 10.6 Å². The van der Waals surface area contributed by atoms with Gasteiger partial charge in [-0.25, -0.2) is 0 Å². The van der Waals surface area contributed by atoms with Crippen LogP contribution in [0.15, 0.2) is 29.3 Å². The molecule has 0 heterocycles. The molecule has 0 amide bonds. The van der Waals surface area contributed by atoms with Crippen LogP contribution >= 0.6 is 11.6 Å². The molecule has 0 aliphatic rings. The second-order valence-corrected chi connectivity index (χ2v) is 5.55. The van der Waals surface area contributed by atoms with Gasteiger partial charge in [-0.2, -0.15) is 0 Å². The number of guanidine groups is 1. The maximum absolute atomic E-state index is 6.15. The van der Waals surface area contributed by atoms with Crippen LogP contribution in [-0.2, 0) is 6.42 Å². The van der Waals surface area contributed by atoms with E-state index < -0.39 is 0 Å². The number of nitrogens with one attached hydrogen (secondary N) is 2. The second kappa shape index (κ2) is 11.3. The maximum Gasteiger partial charge on any atom is 0.190 e. The minimum Gasteiger partial charge on any atom is -0.356 e. The van der Waals surface area contributed by atoms with E-state index in [0.29, 0.717) is 0 Å². The number of halogens is 1. The molecule has 0 unspecified atom stereocenters. The molecular formula is C17H29ClN4. The van der Waals surface area contributed by atoms with Crippen LogP contribution in [0.5, 0.6) is 0 Å². The molecule has 4 nitrogen and oxygen atoms in total. The normalized spacial score (nSPS) is 11.8. The van der Waals surface area contributed by atoms with Gasteiger partial charge in [-0.3, -0.25) is 4.99 Å². The molecule has 1 aromatic rings. The molecule has 124 valence electrons. The Bertz CT molecular complexity index is 444. The fourth-order valence-electron chi connectivity index (χ4n) is 2.29. The number of hydrogen-bond acceptors (Lipinski definition) is 2. The van der Waals surface area contributed by atoms with Crippen molar-refractivity contribution in [1.82, 2.24) is 15.5 Å². The largest absolute Gasteiger partial charge is 0.356 e. The van der Waals surface area contributed by atoms with Crippen molar-refractivity contribution in [3.8, 4) is 0 Å². The quantitative estimate of drug-likeness (QED) is 0.417. The lowest BCUT2D eigenvalue weighted by molar-refractivity contribution is 0.300. The molecule has 0 aromatic heterocycles. The number of rotatable bonds is 9. The van der Waals surface area contributed by atoms with Crippen molar-refractivity contribution in [2.24, 2.45) is 4.99 Å². The standard InChI is InChI=1S/C17H29ClN4/c1-4-22(5-2)14-8-12-20-17(19-3)21-13-11-15-9-6-7-10-16(15)18/h6-7,9-10H,4-5,8,11-14H2,1-3H3,(H2,19,20,21). The van der Waals surface area contributed by atoms with Crippen molar-refractivity contribution < 1.29 is 0 Å². The Morgan fingerprint density at radius 2 is 1.82 bits per heavy atom. The van der Waals surface area contributed by atoms with E-state index in [2.05, 4.69) is 40.4 Å².